The van der Waals surface area contributed by atoms with E-state index in [1.807, 2.05) is 18.2 Å². The molecular weight excluding hydrogens is 478 g/mol. The van der Waals surface area contributed by atoms with Crippen molar-refractivity contribution in [3.63, 3.8) is 0 Å². The van der Waals surface area contributed by atoms with Crippen molar-refractivity contribution in [2.45, 2.75) is 32.3 Å². The van der Waals surface area contributed by atoms with Gasteiger partial charge in [-0.15, -0.1) is 0 Å². The van der Waals surface area contributed by atoms with Crippen LogP contribution < -0.4 is 4.90 Å². The molecule has 1 saturated heterocycles. The second kappa shape index (κ2) is 8.81. The van der Waals surface area contributed by atoms with Crippen LogP contribution in [0.5, 0.6) is 0 Å². The zero-order valence-electron chi connectivity index (χ0n) is 21.2. The molecule has 2 atom stereocenters. The number of carboxylic acid groups (broad SMARTS) is 1. The molecule has 192 valence electrons. The van der Waals surface area contributed by atoms with E-state index in [2.05, 4.69) is 58.4 Å². The number of aliphatic hydroxyl groups is 1. The van der Waals surface area contributed by atoms with Crippen molar-refractivity contribution in [3.05, 3.63) is 82.8 Å². The van der Waals surface area contributed by atoms with E-state index >= 15 is 0 Å². The number of anilines is 1. The van der Waals surface area contributed by atoms with Gasteiger partial charge in [-0.3, -0.25) is 0 Å². The number of hydrogen-bond acceptors (Lipinski definition) is 6. The highest BCUT2D eigenvalue weighted by molar-refractivity contribution is 5.92. The van der Waals surface area contributed by atoms with Crippen LogP contribution in [0.3, 0.4) is 0 Å². The zero-order chi connectivity index (χ0) is 26.0. The molecular formula is C31H29N3O4. The molecule has 2 saturated carbocycles. The second-order valence-corrected chi connectivity index (χ2v) is 10.9. The van der Waals surface area contributed by atoms with E-state index in [1.54, 1.807) is 0 Å². The van der Waals surface area contributed by atoms with E-state index in [1.165, 1.54) is 24.5 Å². The molecule has 0 bridgehead atoms. The molecule has 7 rings (SSSR count). The van der Waals surface area contributed by atoms with Crippen LogP contribution in [0.25, 0.3) is 28.2 Å². The van der Waals surface area contributed by atoms with E-state index < -0.39 is 5.97 Å². The van der Waals surface area contributed by atoms with Crippen LogP contribution in [0.15, 0.2) is 59.1 Å². The molecule has 3 fully saturated rings. The van der Waals surface area contributed by atoms with E-state index in [0.29, 0.717) is 34.8 Å². The van der Waals surface area contributed by atoms with Crippen LogP contribution >= 0.6 is 0 Å². The summed E-state index contributed by atoms with van der Waals surface area (Å²) in [6.07, 6.45) is 6.97. The highest BCUT2D eigenvalue weighted by Gasteiger charge is 2.54. The fraction of sp³-hybridized carbons (Fsp3) is 0.323. The summed E-state index contributed by atoms with van der Waals surface area (Å²) in [7, 11) is 0. The Hall–Kier alpha value is -3.97. The molecule has 7 nitrogen and oxygen atoms in total. The van der Waals surface area contributed by atoms with Gasteiger partial charge in [0.25, 0.3) is 0 Å². The summed E-state index contributed by atoms with van der Waals surface area (Å²) in [6, 6.07) is 15.7. The van der Waals surface area contributed by atoms with E-state index in [9.17, 15) is 15.0 Å². The van der Waals surface area contributed by atoms with Crippen molar-refractivity contribution in [2.24, 2.45) is 17.8 Å². The third-order valence-corrected chi connectivity index (χ3v) is 8.48. The number of hydrogen-bond donors (Lipinski definition) is 2. The number of fused-ring (bicyclic) bond motifs is 2. The number of benzene rings is 2. The topological polar surface area (TPSA) is 99.7 Å². The number of aromatic nitrogens is 2. The van der Waals surface area contributed by atoms with Gasteiger partial charge < -0.3 is 19.6 Å². The van der Waals surface area contributed by atoms with Crippen molar-refractivity contribution in [2.75, 3.05) is 18.0 Å². The number of aryl methyl sites for hydroxylation is 1. The smallest absolute Gasteiger partial charge is 0.354 e. The molecule has 2 N–H and O–H groups in total. The number of aromatic carboxylic acids is 1. The Labute approximate surface area is 220 Å². The lowest BCUT2D eigenvalue weighted by atomic mass is 9.99. The molecule has 2 aliphatic carbocycles. The highest BCUT2D eigenvalue weighted by Crippen LogP contribution is 2.54. The van der Waals surface area contributed by atoms with E-state index in [0.717, 1.165) is 46.7 Å². The van der Waals surface area contributed by atoms with Gasteiger partial charge in [0.1, 0.15) is 17.1 Å². The molecule has 2 unspecified atom stereocenters. The van der Waals surface area contributed by atoms with Crippen LogP contribution in [-0.2, 0) is 6.61 Å². The number of carbonyl (C=O) groups is 1. The molecule has 4 aromatic rings. The van der Waals surface area contributed by atoms with Crippen LogP contribution in [0.2, 0.25) is 0 Å². The predicted octanol–water partition coefficient (Wildman–Crippen LogP) is 5.66. The highest BCUT2D eigenvalue weighted by atomic mass is 16.5. The van der Waals surface area contributed by atoms with Gasteiger partial charge >= 0.3 is 5.97 Å². The molecule has 38 heavy (non-hydrogen) atoms. The van der Waals surface area contributed by atoms with Gasteiger partial charge in [-0.25, -0.2) is 9.78 Å². The van der Waals surface area contributed by atoms with Crippen molar-refractivity contribution in [1.29, 1.82) is 0 Å². The lowest BCUT2D eigenvalue weighted by Gasteiger charge is -2.22. The summed E-state index contributed by atoms with van der Waals surface area (Å²) in [6.45, 7) is 3.84. The molecule has 2 aromatic heterocycles. The first-order chi connectivity index (χ1) is 18.5. The average molecular weight is 508 g/mol. The summed E-state index contributed by atoms with van der Waals surface area (Å²) >= 11 is 0. The van der Waals surface area contributed by atoms with Crippen LogP contribution in [-0.4, -0.2) is 39.4 Å². The van der Waals surface area contributed by atoms with Gasteiger partial charge in [-0.05, 0) is 72.9 Å². The van der Waals surface area contributed by atoms with Gasteiger partial charge in [0, 0.05) is 41.2 Å². The Kier molecular flexibility index (Phi) is 5.37. The van der Waals surface area contributed by atoms with Gasteiger partial charge in [0.15, 0.2) is 0 Å². The third-order valence-electron chi connectivity index (χ3n) is 8.48. The fourth-order valence-electron chi connectivity index (χ4n) is 6.14. The molecule has 7 heteroatoms. The number of nitrogens with zero attached hydrogens (tertiary/aromatic N) is 3. The van der Waals surface area contributed by atoms with Crippen LogP contribution in [0.1, 0.15) is 51.7 Å². The van der Waals surface area contributed by atoms with E-state index in [-0.39, 0.29) is 12.3 Å². The maximum absolute atomic E-state index is 11.4. The molecule has 3 heterocycles. The maximum Gasteiger partial charge on any atom is 0.354 e. The lowest BCUT2D eigenvalue weighted by Crippen LogP contribution is -2.23. The van der Waals surface area contributed by atoms with Gasteiger partial charge in [0.05, 0.1) is 12.1 Å². The Morgan fingerprint density at radius 3 is 2.63 bits per heavy atom. The minimum atomic E-state index is -1.09. The van der Waals surface area contributed by atoms with Crippen molar-refractivity contribution in [3.8, 4) is 11.3 Å². The third kappa shape index (κ3) is 3.89. The Bertz CT molecular complexity index is 1590. The fourth-order valence-corrected chi connectivity index (χ4v) is 6.14. The van der Waals surface area contributed by atoms with Crippen molar-refractivity contribution < 1.29 is 19.5 Å². The summed E-state index contributed by atoms with van der Waals surface area (Å²) in [5, 5.41) is 24.4. The number of rotatable bonds is 7. The SMILES string of the molecule is Cc1ccccc1-c1noc(C2CC2)c1/C=C/C1C2CN(c3ccc4nc(C(=O)O)cc(CO)c4c3)CC12. The number of aliphatic hydroxyl groups excluding tert-OH is 1. The quantitative estimate of drug-likeness (QED) is 0.333. The predicted molar refractivity (Wildman–Crippen MR) is 145 cm³/mol. The average Bonchev–Trinajstić information content (AvgIpc) is 3.79. The first kappa shape index (κ1) is 23.2. The van der Waals surface area contributed by atoms with Gasteiger partial charge in [0.2, 0.25) is 0 Å². The monoisotopic (exact) mass is 507 g/mol. The molecule has 0 spiro atoms. The Morgan fingerprint density at radius 2 is 1.92 bits per heavy atom. The minimum absolute atomic E-state index is 0.0467. The Balaban J connectivity index is 1.10. The maximum atomic E-state index is 11.4. The lowest BCUT2D eigenvalue weighted by molar-refractivity contribution is 0.0690. The van der Waals surface area contributed by atoms with Crippen molar-refractivity contribution >= 4 is 28.6 Å². The van der Waals surface area contributed by atoms with Crippen LogP contribution in [0, 0.1) is 24.7 Å². The Morgan fingerprint density at radius 1 is 1.13 bits per heavy atom. The molecule has 2 aromatic carbocycles. The largest absolute Gasteiger partial charge is 0.477 e. The first-order valence-electron chi connectivity index (χ1n) is 13.3. The minimum Gasteiger partial charge on any atom is -0.477 e. The number of pyridine rings is 1. The molecule has 0 amide bonds. The molecule has 3 aliphatic rings. The van der Waals surface area contributed by atoms with E-state index in [4.69, 9.17) is 4.52 Å². The normalized spacial score (nSPS) is 22.4. The zero-order valence-corrected chi connectivity index (χ0v) is 21.2. The van der Waals surface area contributed by atoms with Crippen molar-refractivity contribution in [1.82, 2.24) is 10.1 Å². The number of piperidine rings is 1. The van der Waals surface area contributed by atoms with Gasteiger partial charge in [-0.2, -0.15) is 0 Å². The second-order valence-electron chi connectivity index (χ2n) is 10.9. The summed E-state index contributed by atoms with van der Waals surface area (Å²) < 4.78 is 5.86. The summed E-state index contributed by atoms with van der Waals surface area (Å²) in [5.74, 6) is 2.20. The standard InChI is InChI=1S/C31H29N3O4/c1-17-4-2-3-5-21(17)29-23(30(38-33-29)18-6-7-18)10-9-22-25-14-34(15-26(22)25)20-8-11-27-24(13-20)19(16-35)12-28(32-27)31(36)37/h2-5,8-13,18,22,25-26,35H,6-7,14-16H2,1H3,(H,36,37)/b10-9+. The molecule has 0 radical (unpaired) electrons. The number of carboxylic acids is 1. The summed E-state index contributed by atoms with van der Waals surface area (Å²) in [5.41, 5.74) is 6.64. The van der Waals surface area contributed by atoms with Gasteiger partial charge in [-0.1, -0.05) is 41.6 Å². The summed E-state index contributed by atoms with van der Waals surface area (Å²) in [4.78, 5) is 18.0. The molecule has 1 aliphatic heterocycles. The van der Waals surface area contributed by atoms with Crippen LogP contribution in [0.4, 0.5) is 5.69 Å². The number of allylic oxidation sites excluding steroid dienone is 1. The first-order valence-corrected chi connectivity index (χ1v) is 13.3.